The normalized spacial score (nSPS) is 33.7. The lowest BCUT2D eigenvalue weighted by Gasteiger charge is -2.55. The molecule has 68 heavy (non-hydrogen) atoms. The quantitative estimate of drug-likeness (QED) is 0.172. The van der Waals surface area contributed by atoms with Gasteiger partial charge in [0.05, 0.1) is 57.2 Å². The lowest BCUT2D eigenvalue weighted by Crippen LogP contribution is -2.52. The van der Waals surface area contributed by atoms with Crippen molar-refractivity contribution in [3.8, 4) is 0 Å². The highest BCUT2D eigenvalue weighted by Gasteiger charge is 2.57. The molecule has 9 atom stereocenters. The van der Waals surface area contributed by atoms with Crippen LogP contribution in [-0.2, 0) is 54.9 Å². The van der Waals surface area contributed by atoms with Crippen molar-refractivity contribution in [3.05, 3.63) is 96.8 Å². The molecule has 0 aliphatic heterocycles. The average molecular weight is 1140 g/mol. The number of aliphatic hydroxyl groups excluding tert-OH is 1. The number of hydrogen-bond donors (Lipinski definition) is 3. The second kappa shape index (κ2) is 20.0. The predicted molar refractivity (Wildman–Crippen MR) is 280 cm³/mol. The van der Waals surface area contributed by atoms with Crippen LogP contribution in [0.3, 0.4) is 0 Å². The minimum Gasteiger partial charge on any atom is -0.481 e. The molecule has 376 valence electrons. The van der Waals surface area contributed by atoms with Gasteiger partial charge in [-0.2, -0.15) is 8.42 Å². The van der Waals surface area contributed by atoms with Crippen molar-refractivity contribution in [2.45, 2.75) is 154 Å². The third-order valence-corrected chi connectivity index (χ3v) is 22.4. The number of fused-ring (bicyclic) bond motifs is 9. The van der Waals surface area contributed by atoms with Crippen molar-refractivity contribution in [3.63, 3.8) is 0 Å². The number of hydrogen-bond acceptors (Lipinski definition) is 5. The second-order valence-electron chi connectivity index (χ2n) is 22.0. The Kier molecular flexibility index (Phi) is 16.3. The first-order valence-corrected chi connectivity index (χ1v) is 28.3. The zero-order valence-electron chi connectivity index (χ0n) is 39.3. The summed E-state index contributed by atoms with van der Waals surface area (Å²) >= 11 is 56.7. The number of rotatable bonds is 5. The largest absolute Gasteiger partial charge is 0.481 e. The third-order valence-electron chi connectivity index (χ3n) is 18.1. The lowest BCUT2D eigenvalue weighted by atomic mass is 9.50. The van der Waals surface area contributed by atoms with E-state index in [1.807, 2.05) is 32.0 Å². The molecule has 3 fully saturated rings. The van der Waals surface area contributed by atoms with Crippen LogP contribution >= 0.6 is 104 Å². The molecule has 0 saturated heterocycles. The summed E-state index contributed by atoms with van der Waals surface area (Å²) in [6.45, 7) is 13.0. The summed E-state index contributed by atoms with van der Waals surface area (Å²) in [6, 6.07) is 5.83. The molecule has 3 aromatic rings. The van der Waals surface area contributed by atoms with Crippen LogP contribution < -0.4 is 0 Å². The van der Waals surface area contributed by atoms with Gasteiger partial charge in [0.25, 0.3) is 0 Å². The molecule has 3 aromatic carbocycles. The first-order chi connectivity index (χ1) is 31.5. The van der Waals surface area contributed by atoms with Crippen molar-refractivity contribution in [2.24, 2.45) is 34.0 Å². The molecule has 3 saturated carbocycles. The molecule has 3 unspecified atom stereocenters. The molecule has 0 spiro atoms. The molecular weight excluding hydrogens is 1080 g/mol. The highest BCUT2D eigenvalue weighted by atomic mass is 35.5. The molecule has 0 aromatic heterocycles. The summed E-state index contributed by atoms with van der Waals surface area (Å²) in [5, 5.41) is 24.1. The zero-order chi connectivity index (χ0) is 50.3. The molecule has 6 aliphatic rings. The predicted octanol–water partition coefficient (Wildman–Crippen LogP) is 16.9. The van der Waals surface area contributed by atoms with E-state index in [0.717, 1.165) is 124 Å². The fourth-order valence-corrected chi connectivity index (χ4v) is 17.2. The maximum absolute atomic E-state index is 11.9. The Balaban J connectivity index is 0.000000152. The fraction of sp³-hybridized carbons (Fsp3) is 0.627. The van der Waals surface area contributed by atoms with Crippen molar-refractivity contribution >= 4 is 121 Å². The number of aliphatic hydroxyl groups is 1. The topological polar surface area (TPSA) is 121 Å². The Morgan fingerprint density at radius 3 is 1.26 bits per heavy atom. The van der Waals surface area contributed by atoms with Crippen LogP contribution in [-0.4, -0.2) is 42.4 Å². The van der Waals surface area contributed by atoms with Crippen LogP contribution in [0.2, 0.25) is 45.2 Å². The molecule has 6 aliphatic carbocycles. The van der Waals surface area contributed by atoms with Crippen LogP contribution in [0.15, 0.2) is 18.2 Å². The van der Waals surface area contributed by atoms with Gasteiger partial charge in [-0.1, -0.05) is 158 Å². The molecule has 0 amide bonds. The Labute approximate surface area is 447 Å². The Bertz CT molecular complexity index is 2610. The van der Waals surface area contributed by atoms with Crippen LogP contribution in [0.4, 0.5) is 0 Å². The van der Waals surface area contributed by atoms with Gasteiger partial charge in [-0.25, -0.2) is 4.18 Å². The monoisotopic (exact) mass is 1130 g/mol. The van der Waals surface area contributed by atoms with Crippen LogP contribution in [0.1, 0.15) is 152 Å². The van der Waals surface area contributed by atoms with Crippen molar-refractivity contribution in [1.82, 2.24) is 0 Å². The van der Waals surface area contributed by atoms with E-state index < -0.39 is 21.8 Å². The summed E-state index contributed by atoms with van der Waals surface area (Å²) in [4.78, 5) is 11.9. The maximum Gasteiger partial charge on any atom is 0.397 e. The highest BCUT2D eigenvalue weighted by molar-refractivity contribution is 7.80. The zero-order valence-corrected chi connectivity index (χ0v) is 46.9. The van der Waals surface area contributed by atoms with Crippen LogP contribution in [0.25, 0.3) is 0 Å². The molecule has 3 N–H and O–H groups in total. The molecule has 0 radical (unpaired) electrons. The summed E-state index contributed by atoms with van der Waals surface area (Å²) in [6.07, 6.45) is 13.8. The third kappa shape index (κ3) is 9.62. The summed E-state index contributed by atoms with van der Waals surface area (Å²) in [7, 11) is -4.46. The Morgan fingerprint density at radius 1 is 0.559 bits per heavy atom. The first-order valence-electron chi connectivity index (χ1n) is 23.5. The minimum atomic E-state index is -4.46. The molecule has 0 bridgehead atoms. The van der Waals surface area contributed by atoms with E-state index in [0.29, 0.717) is 51.1 Å². The van der Waals surface area contributed by atoms with E-state index in [-0.39, 0.29) is 52.1 Å². The molecular formula is C51H61Cl9O7S. The number of halogens is 9. The van der Waals surface area contributed by atoms with Gasteiger partial charge in [0, 0.05) is 6.61 Å². The van der Waals surface area contributed by atoms with Gasteiger partial charge in [0.1, 0.15) is 0 Å². The maximum atomic E-state index is 11.9. The van der Waals surface area contributed by atoms with Crippen molar-refractivity contribution in [2.75, 3.05) is 13.2 Å². The first kappa shape index (κ1) is 55.3. The van der Waals surface area contributed by atoms with Gasteiger partial charge in [-0.15, -0.1) is 0 Å². The second-order valence-corrected chi connectivity index (χ2v) is 26.6. The van der Waals surface area contributed by atoms with Gasteiger partial charge >= 0.3 is 16.4 Å². The average Bonchev–Trinajstić information content (AvgIpc) is 3.27. The summed E-state index contributed by atoms with van der Waals surface area (Å²) in [5.41, 5.74) is 5.24. The van der Waals surface area contributed by atoms with E-state index in [2.05, 4.69) is 27.7 Å². The molecule has 7 nitrogen and oxygen atoms in total. The lowest BCUT2D eigenvalue weighted by molar-refractivity contribution is -0.157. The number of carboxylic acid groups (broad SMARTS) is 1. The molecule has 9 rings (SSSR count). The number of aliphatic carboxylic acids is 1. The number of carbonyl (C=O) groups is 1. The number of benzene rings is 3. The van der Waals surface area contributed by atoms with Gasteiger partial charge in [0.15, 0.2) is 0 Å². The summed E-state index contributed by atoms with van der Waals surface area (Å²) < 4.78 is 35.9. The number of carboxylic acids is 1. The molecule has 17 heteroatoms. The molecule has 0 heterocycles. The van der Waals surface area contributed by atoms with Gasteiger partial charge in [0.2, 0.25) is 0 Å². The van der Waals surface area contributed by atoms with Crippen molar-refractivity contribution < 1.29 is 32.2 Å². The van der Waals surface area contributed by atoms with E-state index in [1.165, 1.54) is 5.56 Å². The van der Waals surface area contributed by atoms with Gasteiger partial charge in [-0.05, 0) is 180 Å². The van der Waals surface area contributed by atoms with E-state index >= 15 is 0 Å². The van der Waals surface area contributed by atoms with Crippen LogP contribution in [0, 0.1) is 34.0 Å². The van der Waals surface area contributed by atoms with Crippen molar-refractivity contribution in [1.29, 1.82) is 0 Å². The van der Waals surface area contributed by atoms with Gasteiger partial charge < -0.3 is 10.2 Å². The summed E-state index contributed by atoms with van der Waals surface area (Å²) in [5.74, 6) is 0.0472. The minimum absolute atomic E-state index is 0.0106. The Hall–Kier alpha value is -0.430. The Morgan fingerprint density at radius 2 is 0.897 bits per heavy atom. The highest BCUT2D eigenvalue weighted by Crippen LogP contribution is 2.62. The smallest absolute Gasteiger partial charge is 0.397 e. The van der Waals surface area contributed by atoms with Crippen LogP contribution in [0.5, 0.6) is 0 Å². The van der Waals surface area contributed by atoms with Gasteiger partial charge in [-0.3, -0.25) is 9.35 Å². The van der Waals surface area contributed by atoms with E-state index in [1.54, 1.807) is 0 Å². The SMILES string of the molecule is C[C@@]1(C(=O)O)CCC[C@]2(C)c3cc(Cl)c(Cl)c(Cl)c3CCC12.C[C@@]1(CO)CCC[C@]2(C)c3cc(Cl)c(Cl)c(Cl)c3CCC12.C[C@@]1(COS(=O)(=O)O)CCC[C@]2(C)c3cc(Cl)c(Cl)c(Cl)c3CCC12. The fourth-order valence-electron chi connectivity index (χ4n) is 14.6. The standard InChI is InChI=1S/C17H21Cl3O4S.C17H19Cl3O2.C17H21Cl3O/c1-16(9-24-25(21,22)23)6-3-7-17(2)11-8-12(18)15(20)14(19)10(11)4-5-13(16)17;1-16-6-3-7-17(2,15(21)22)12(16)5-4-9-10(16)8-11(18)14(20)13(9)19;1-16(9-21)6-3-7-17(2)11-8-12(18)15(20)14(19)10(11)4-5-13(16)17/h8,13H,3-7,9H2,1-2H3,(H,21,22,23);8,12H,3-7H2,1-2H3,(H,21,22);8,13,21H,3-7,9H2,1-2H3/t13?,16-,17+;12?,16-,17-;13?,16-,17+/m010/s1. The van der Waals surface area contributed by atoms with E-state index in [4.69, 9.17) is 113 Å². The van der Waals surface area contributed by atoms with E-state index in [9.17, 15) is 23.4 Å².